The van der Waals surface area contributed by atoms with E-state index in [4.69, 9.17) is 5.11 Å². The number of piperazine rings is 1. The van der Waals surface area contributed by atoms with Crippen LogP contribution in [0.3, 0.4) is 0 Å². The number of rotatable bonds is 5. The van der Waals surface area contributed by atoms with Crippen LogP contribution in [0.15, 0.2) is 0 Å². The van der Waals surface area contributed by atoms with Crippen molar-refractivity contribution in [3.05, 3.63) is 0 Å². The molecule has 6 nitrogen and oxygen atoms in total. The number of aliphatic carboxylic acids is 1. The number of carbonyl (C=O) groups is 3. The molecule has 1 heterocycles. The van der Waals surface area contributed by atoms with Crippen LogP contribution in [0.2, 0.25) is 0 Å². The first-order valence-electron chi connectivity index (χ1n) is 5.93. The van der Waals surface area contributed by atoms with Gasteiger partial charge in [-0.25, -0.2) is 9.18 Å². The van der Waals surface area contributed by atoms with Crippen LogP contribution < -0.4 is 0 Å². The number of alkyl halides is 1. The fourth-order valence-electron chi connectivity index (χ4n) is 1.74. The fourth-order valence-corrected chi connectivity index (χ4v) is 2.53. The van der Waals surface area contributed by atoms with E-state index in [1.54, 1.807) is 4.90 Å². The highest BCUT2D eigenvalue weighted by molar-refractivity contribution is 8.13. The first-order chi connectivity index (χ1) is 8.91. The number of nitrogens with zero attached hydrogens (tertiary/aromatic N) is 2. The Morgan fingerprint density at radius 3 is 2.32 bits per heavy atom. The lowest BCUT2D eigenvalue weighted by Crippen LogP contribution is -2.48. The average molecular weight is 292 g/mol. The van der Waals surface area contributed by atoms with Gasteiger partial charge in [0.25, 0.3) is 6.17 Å². The van der Waals surface area contributed by atoms with E-state index in [1.165, 1.54) is 6.92 Å². The Bertz CT molecular complexity index is 359. The minimum Gasteiger partial charge on any atom is -0.479 e. The predicted octanol–water partition coefficient (Wildman–Crippen LogP) is -0.167. The Hall–Kier alpha value is -1.15. The molecule has 1 amide bonds. The highest BCUT2D eigenvalue weighted by Crippen LogP contribution is 2.10. The molecule has 0 saturated carbocycles. The third kappa shape index (κ3) is 5.15. The lowest BCUT2D eigenvalue weighted by atomic mass is 10.3. The fraction of sp³-hybridized carbons (Fsp3) is 0.727. The number of carbonyl (C=O) groups excluding carboxylic acids is 2. The van der Waals surface area contributed by atoms with E-state index in [9.17, 15) is 18.8 Å². The Morgan fingerprint density at radius 2 is 1.84 bits per heavy atom. The van der Waals surface area contributed by atoms with Crippen LogP contribution in [0.4, 0.5) is 4.39 Å². The van der Waals surface area contributed by atoms with Crippen LogP contribution >= 0.6 is 11.8 Å². The van der Waals surface area contributed by atoms with E-state index in [2.05, 4.69) is 4.90 Å². The Balaban J connectivity index is 2.19. The van der Waals surface area contributed by atoms with E-state index in [0.717, 1.165) is 0 Å². The normalized spacial score (nSPS) is 18.1. The van der Waals surface area contributed by atoms with Crippen LogP contribution in [0, 0.1) is 0 Å². The van der Waals surface area contributed by atoms with Gasteiger partial charge in [-0.2, -0.15) is 0 Å². The SMILES string of the molecule is CC(=O)N1CCN(CCSC(=O)C(F)C(=O)O)CC1. The number of thioether (sulfide) groups is 1. The minimum atomic E-state index is -2.44. The highest BCUT2D eigenvalue weighted by Gasteiger charge is 2.26. The van der Waals surface area contributed by atoms with Gasteiger partial charge in [0.2, 0.25) is 11.0 Å². The first-order valence-corrected chi connectivity index (χ1v) is 6.91. The molecule has 8 heteroatoms. The van der Waals surface area contributed by atoms with Crippen LogP contribution in [0.1, 0.15) is 6.92 Å². The summed E-state index contributed by atoms with van der Waals surface area (Å²) in [6.07, 6.45) is -2.44. The standard InChI is InChI=1S/C11H17FN2O4S/c1-8(15)14-4-2-13(3-5-14)6-7-19-11(18)9(12)10(16)17/h9H,2-7H2,1H3,(H,16,17). The van der Waals surface area contributed by atoms with E-state index >= 15 is 0 Å². The molecule has 1 rings (SSSR count). The third-order valence-electron chi connectivity index (χ3n) is 2.89. The van der Waals surface area contributed by atoms with Crippen LogP contribution in [-0.2, 0) is 14.4 Å². The number of halogens is 1. The molecule has 1 unspecified atom stereocenters. The van der Waals surface area contributed by atoms with Gasteiger partial charge >= 0.3 is 5.97 Å². The summed E-state index contributed by atoms with van der Waals surface area (Å²) in [5.41, 5.74) is 0. The molecule has 1 N–H and O–H groups in total. The molecule has 1 aliphatic heterocycles. The lowest BCUT2D eigenvalue weighted by molar-refractivity contribution is -0.145. The second kappa shape index (κ2) is 7.44. The maximum Gasteiger partial charge on any atom is 0.347 e. The molecular weight excluding hydrogens is 275 g/mol. The van der Waals surface area contributed by atoms with Gasteiger partial charge in [0, 0.05) is 45.4 Å². The van der Waals surface area contributed by atoms with Gasteiger partial charge in [0.1, 0.15) is 0 Å². The molecule has 1 fully saturated rings. The van der Waals surface area contributed by atoms with Crippen molar-refractivity contribution in [3.8, 4) is 0 Å². The molecule has 0 aromatic heterocycles. The Kier molecular flexibility index (Phi) is 6.23. The minimum absolute atomic E-state index is 0.0472. The molecule has 1 atom stereocenters. The van der Waals surface area contributed by atoms with Crippen molar-refractivity contribution in [3.63, 3.8) is 0 Å². The Labute approximate surface area is 114 Å². The average Bonchev–Trinajstić information content (AvgIpc) is 2.38. The number of carboxylic acids is 1. The summed E-state index contributed by atoms with van der Waals surface area (Å²) in [6, 6.07) is 0. The maximum absolute atomic E-state index is 12.8. The second-order valence-corrected chi connectivity index (χ2v) is 5.32. The zero-order valence-corrected chi connectivity index (χ0v) is 11.5. The molecule has 0 bridgehead atoms. The van der Waals surface area contributed by atoms with Gasteiger partial charge in [-0.05, 0) is 0 Å². The molecule has 1 saturated heterocycles. The van der Waals surface area contributed by atoms with Crippen molar-refractivity contribution in [1.29, 1.82) is 0 Å². The summed E-state index contributed by atoms with van der Waals surface area (Å²) in [6.45, 7) is 4.83. The number of amides is 1. The molecule has 19 heavy (non-hydrogen) atoms. The van der Waals surface area contributed by atoms with Gasteiger partial charge < -0.3 is 10.0 Å². The van der Waals surface area contributed by atoms with E-state index in [0.29, 0.717) is 50.2 Å². The van der Waals surface area contributed by atoms with Crippen molar-refractivity contribution in [1.82, 2.24) is 9.80 Å². The molecule has 0 aromatic rings. The summed E-state index contributed by atoms with van der Waals surface area (Å²) in [5.74, 6) is -1.34. The van der Waals surface area contributed by atoms with Gasteiger partial charge in [-0.1, -0.05) is 11.8 Å². The van der Waals surface area contributed by atoms with Crippen molar-refractivity contribution in [2.24, 2.45) is 0 Å². The third-order valence-corrected chi connectivity index (χ3v) is 3.77. The Morgan fingerprint density at radius 1 is 1.26 bits per heavy atom. The summed E-state index contributed by atoms with van der Waals surface area (Å²) < 4.78 is 12.8. The molecule has 0 aliphatic carbocycles. The summed E-state index contributed by atoms with van der Waals surface area (Å²) in [4.78, 5) is 36.3. The van der Waals surface area contributed by atoms with Gasteiger partial charge in [-0.3, -0.25) is 14.5 Å². The van der Waals surface area contributed by atoms with Gasteiger partial charge in [0.15, 0.2) is 0 Å². The maximum atomic E-state index is 12.8. The zero-order chi connectivity index (χ0) is 14.4. The number of hydrogen-bond donors (Lipinski definition) is 1. The highest BCUT2D eigenvalue weighted by atomic mass is 32.2. The zero-order valence-electron chi connectivity index (χ0n) is 10.7. The molecule has 108 valence electrons. The van der Waals surface area contributed by atoms with Crippen LogP contribution in [0.25, 0.3) is 0 Å². The van der Waals surface area contributed by atoms with Gasteiger partial charge in [0.05, 0.1) is 0 Å². The monoisotopic (exact) mass is 292 g/mol. The van der Waals surface area contributed by atoms with Crippen LogP contribution in [-0.4, -0.2) is 76.5 Å². The summed E-state index contributed by atoms with van der Waals surface area (Å²) in [5, 5.41) is 7.36. The smallest absolute Gasteiger partial charge is 0.347 e. The van der Waals surface area contributed by atoms with Crippen molar-refractivity contribution in [2.45, 2.75) is 13.1 Å². The number of hydrogen-bond acceptors (Lipinski definition) is 5. The quantitative estimate of drug-likeness (QED) is 0.709. The second-order valence-electron chi connectivity index (χ2n) is 4.22. The van der Waals surface area contributed by atoms with Crippen molar-refractivity contribution < 1.29 is 23.9 Å². The van der Waals surface area contributed by atoms with Gasteiger partial charge in [-0.15, -0.1) is 0 Å². The largest absolute Gasteiger partial charge is 0.479 e. The molecule has 0 aromatic carbocycles. The molecule has 0 radical (unpaired) electrons. The summed E-state index contributed by atoms with van der Waals surface area (Å²) >= 11 is 0.697. The molecular formula is C11H17FN2O4S. The van der Waals surface area contributed by atoms with Crippen molar-refractivity contribution >= 4 is 28.8 Å². The molecule has 0 spiro atoms. The van der Waals surface area contributed by atoms with E-state index in [-0.39, 0.29) is 5.91 Å². The number of carboxylic acid groups (broad SMARTS) is 1. The topological polar surface area (TPSA) is 77.9 Å². The van der Waals surface area contributed by atoms with Crippen molar-refractivity contribution in [2.75, 3.05) is 38.5 Å². The first kappa shape index (κ1) is 15.9. The lowest BCUT2D eigenvalue weighted by Gasteiger charge is -2.34. The summed E-state index contributed by atoms with van der Waals surface area (Å²) in [7, 11) is 0. The van der Waals surface area contributed by atoms with E-state index < -0.39 is 17.3 Å². The van der Waals surface area contributed by atoms with Crippen LogP contribution in [0.5, 0.6) is 0 Å². The predicted molar refractivity (Wildman–Crippen MR) is 68.7 cm³/mol. The molecule has 1 aliphatic rings. The van der Waals surface area contributed by atoms with E-state index in [1.807, 2.05) is 0 Å².